The first-order valence-corrected chi connectivity index (χ1v) is 6.32. The van der Waals surface area contributed by atoms with Crippen molar-refractivity contribution in [3.05, 3.63) is 24.0 Å². The summed E-state index contributed by atoms with van der Waals surface area (Å²) in [4.78, 5) is 6.69. The van der Waals surface area contributed by atoms with E-state index in [-0.39, 0.29) is 12.6 Å². The second-order valence-electron chi connectivity index (χ2n) is 4.74. The summed E-state index contributed by atoms with van der Waals surface area (Å²) in [6, 6.07) is 4.13. The van der Waals surface area contributed by atoms with Crippen molar-refractivity contribution in [2.45, 2.75) is 25.8 Å². The second kappa shape index (κ2) is 5.47. The molecule has 4 heteroatoms. The van der Waals surface area contributed by atoms with Gasteiger partial charge < -0.3 is 15.7 Å². The van der Waals surface area contributed by atoms with Crippen LogP contribution < -0.4 is 10.6 Å². The van der Waals surface area contributed by atoms with Crippen LogP contribution in [-0.4, -0.2) is 29.8 Å². The fourth-order valence-electron chi connectivity index (χ4n) is 2.23. The summed E-state index contributed by atoms with van der Waals surface area (Å²) < 4.78 is 0. The Kier molecular flexibility index (Phi) is 3.97. The minimum atomic E-state index is 0.0350. The third-order valence-corrected chi connectivity index (χ3v) is 3.50. The van der Waals surface area contributed by atoms with Crippen molar-refractivity contribution in [2.24, 2.45) is 11.7 Å². The number of nitrogens with two attached hydrogens (primary N) is 1. The first-order chi connectivity index (χ1) is 8.24. The molecule has 1 saturated heterocycles. The molecular formula is C13H21N3O. The van der Waals surface area contributed by atoms with Gasteiger partial charge in [-0.1, -0.05) is 6.92 Å². The van der Waals surface area contributed by atoms with Crippen LogP contribution in [0, 0.1) is 5.92 Å². The van der Waals surface area contributed by atoms with Gasteiger partial charge in [0, 0.05) is 31.7 Å². The Morgan fingerprint density at radius 2 is 2.41 bits per heavy atom. The second-order valence-corrected chi connectivity index (χ2v) is 4.74. The van der Waals surface area contributed by atoms with Gasteiger partial charge in [-0.3, -0.25) is 4.98 Å². The van der Waals surface area contributed by atoms with Crippen LogP contribution in [0.4, 0.5) is 5.69 Å². The largest absolute Gasteiger partial charge is 0.396 e. The Balaban J connectivity index is 2.03. The molecule has 1 aliphatic heterocycles. The maximum Gasteiger partial charge on any atom is 0.0572 e. The quantitative estimate of drug-likeness (QED) is 0.826. The Bertz CT molecular complexity index is 352. The Hall–Kier alpha value is -1.13. The Morgan fingerprint density at radius 3 is 2.94 bits per heavy atom. The number of anilines is 1. The van der Waals surface area contributed by atoms with E-state index in [1.165, 1.54) is 0 Å². The molecule has 0 amide bonds. The summed E-state index contributed by atoms with van der Waals surface area (Å²) in [5.41, 5.74) is 8.02. The van der Waals surface area contributed by atoms with Crippen molar-refractivity contribution in [1.29, 1.82) is 0 Å². The lowest BCUT2D eigenvalue weighted by Gasteiger charge is -2.18. The average molecular weight is 235 g/mol. The summed E-state index contributed by atoms with van der Waals surface area (Å²) in [7, 11) is 0. The number of aliphatic hydroxyl groups is 1. The van der Waals surface area contributed by atoms with Gasteiger partial charge in [-0.15, -0.1) is 0 Å². The lowest BCUT2D eigenvalue weighted by molar-refractivity contribution is 0.238. The molecule has 0 aliphatic carbocycles. The van der Waals surface area contributed by atoms with Crippen molar-refractivity contribution in [1.82, 2.24) is 4.98 Å². The highest BCUT2D eigenvalue weighted by atomic mass is 16.3. The van der Waals surface area contributed by atoms with E-state index in [2.05, 4.69) is 22.9 Å². The van der Waals surface area contributed by atoms with Crippen molar-refractivity contribution < 1.29 is 5.11 Å². The van der Waals surface area contributed by atoms with Gasteiger partial charge in [0.25, 0.3) is 0 Å². The molecule has 17 heavy (non-hydrogen) atoms. The van der Waals surface area contributed by atoms with Crippen LogP contribution in [0.2, 0.25) is 0 Å². The highest BCUT2D eigenvalue weighted by molar-refractivity contribution is 5.45. The number of aliphatic hydroxyl groups excluding tert-OH is 1. The van der Waals surface area contributed by atoms with E-state index in [9.17, 15) is 0 Å². The topological polar surface area (TPSA) is 62.4 Å². The van der Waals surface area contributed by atoms with E-state index in [0.29, 0.717) is 5.92 Å². The normalized spacial score (nSPS) is 21.8. The predicted octanol–water partition coefficient (Wildman–Crippen LogP) is 1.31. The Morgan fingerprint density at radius 1 is 1.59 bits per heavy atom. The number of nitrogens with zero attached hydrogens (tertiary/aromatic N) is 2. The smallest absolute Gasteiger partial charge is 0.0572 e. The minimum Gasteiger partial charge on any atom is -0.396 e. The molecule has 0 spiro atoms. The molecule has 2 atom stereocenters. The number of hydrogen-bond acceptors (Lipinski definition) is 4. The van der Waals surface area contributed by atoms with Crippen molar-refractivity contribution >= 4 is 5.69 Å². The highest BCUT2D eigenvalue weighted by Gasteiger charge is 2.22. The molecule has 4 nitrogen and oxygen atoms in total. The van der Waals surface area contributed by atoms with Gasteiger partial charge >= 0.3 is 0 Å². The zero-order valence-corrected chi connectivity index (χ0v) is 10.3. The molecule has 0 bridgehead atoms. The van der Waals surface area contributed by atoms with Crippen LogP contribution in [-0.2, 0) is 0 Å². The molecule has 1 aliphatic rings. The average Bonchev–Trinajstić information content (AvgIpc) is 2.87. The molecule has 3 N–H and O–H groups in total. The zero-order chi connectivity index (χ0) is 12.3. The van der Waals surface area contributed by atoms with Gasteiger partial charge in [0.2, 0.25) is 0 Å². The minimum absolute atomic E-state index is 0.0350. The Labute approximate surface area is 102 Å². The summed E-state index contributed by atoms with van der Waals surface area (Å²) >= 11 is 0. The molecule has 1 unspecified atom stereocenters. The number of pyridine rings is 1. The number of rotatable bonds is 4. The van der Waals surface area contributed by atoms with Crippen LogP contribution in [0.5, 0.6) is 0 Å². The number of hydrogen-bond donors (Lipinski definition) is 2. The molecule has 2 heterocycles. The monoisotopic (exact) mass is 235 g/mol. The summed E-state index contributed by atoms with van der Waals surface area (Å²) in [5, 5.41) is 9.12. The molecule has 0 radical (unpaired) electrons. The zero-order valence-electron chi connectivity index (χ0n) is 10.3. The summed E-state index contributed by atoms with van der Waals surface area (Å²) in [6.07, 6.45) is 3.86. The van der Waals surface area contributed by atoms with Crippen LogP contribution in [0.1, 0.15) is 31.5 Å². The maximum atomic E-state index is 9.12. The van der Waals surface area contributed by atoms with Crippen molar-refractivity contribution in [3.63, 3.8) is 0 Å². The standard InChI is InChI=1S/C13H21N3O/c1-2-12(14)13-4-3-11(7-15-13)16-6-5-10(8-16)9-17/h3-4,7,10,12,17H,2,5-6,8-9,14H2,1H3/t10?,12-/m0/s1. The summed E-state index contributed by atoms with van der Waals surface area (Å²) in [5.74, 6) is 0.410. The molecule has 1 fully saturated rings. The lowest BCUT2D eigenvalue weighted by atomic mass is 10.1. The molecule has 1 aromatic heterocycles. The van der Waals surface area contributed by atoms with E-state index < -0.39 is 0 Å². The fraction of sp³-hybridized carbons (Fsp3) is 0.615. The van der Waals surface area contributed by atoms with Crippen LogP contribution in [0.25, 0.3) is 0 Å². The van der Waals surface area contributed by atoms with Gasteiger partial charge in [-0.25, -0.2) is 0 Å². The fourth-order valence-corrected chi connectivity index (χ4v) is 2.23. The van der Waals surface area contributed by atoms with Crippen molar-refractivity contribution in [2.75, 3.05) is 24.6 Å². The van der Waals surface area contributed by atoms with E-state index >= 15 is 0 Å². The summed E-state index contributed by atoms with van der Waals surface area (Å²) in [6.45, 7) is 4.28. The molecule has 2 rings (SSSR count). The SMILES string of the molecule is CC[C@H](N)c1ccc(N2CCC(CO)C2)cn1. The first kappa shape index (κ1) is 12.3. The van der Waals surface area contributed by atoms with Gasteiger partial charge in [0.15, 0.2) is 0 Å². The van der Waals surface area contributed by atoms with Crippen molar-refractivity contribution in [3.8, 4) is 0 Å². The van der Waals surface area contributed by atoms with Gasteiger partial charge in [0.05, 0.1) is 17.6 Å². The molecule has 0 aromatic carbocycles. The van der Waals surface area contributed by atoms with Crippen LogP contribution in [0.3, 0.4) is 0 Å². The predicted molar refractivity (Wildman–Crippen MR) is 68.9 cm³/mol. The van der Waals surface area contributed by atoms with E-state index in [0.717, 1.165) is 37.3 Å². The van der Waals surface area contributed by atoms with E-state index in [4.69, 9.17) is 10.8 Å². The molecular weight excluding hydrogens is 214 g/mol. The first-order valence-electron chi connectivity index (χ1n) is 6.32. The van der Waals surface area contributed by atoms with E-state index in [1.54, 1.807) is 0 Å². The van der Waals surface area contributed by atoms with Gasteiger partial charge in [0.1, 0.15) is 0 Å². The van der Waals surface area contributed by atoms with Crippen LogP contribution in [0.15, 0.2) is 18.3 Å². The molecule has 0 saturated carbocycles. The molecule has 94 valence electrons. The van der Waals surface area contributed by atoms with Gasteiger partial charge in [-0.05, 0) is 25.0 Å². The number of aromatic nitrogens is 1. The third kappa shape index (κ3) is 2.76. The third-order valence-electron chi connectivity index (χ3n) is 3.50. The van der Waals surface area contributed by atoms with Gasteiger partial charge in [-0.2, -0.15) is 0 Å². The lowest BCUT2D eigenvalue weighted by Crippen LogP contribution is -2.21. The van der Waals surface area contributed by atoms with E-state index in [1.807, 2.05) is 12.3 Å². The molecule has 1 aromatic rings. The van der Waals surface area contributed by atoms with Crippen LogP contribution >= 0.6 is 0 Å². The maximum absolute atomic E-state index is 9.12. The highest BCUT2D eigenvalue weighted by Crippen LogP contribution is 2.23.